The number of nitriles is 1. The topological polar surface area (TPSA) is 122 Å². The zero-order valence-corrected chi connectivity index (χ0v) is 19.7. The van der Waals surface area contributed by atoms with Gasteiger partial charge >= 0.3 is 0 Å². The second kappa shape index (κ2) is 9.54. The Morgan fingerprint density at radius 2 is 1.78 bits per heavy atom. The minimum Gasteiger partial charge on any atom is -0.457 e. The third-order valence-electron chi connectivity index (χ3n) is 6.05. The lowest BCUT2D eigenvalue weighted by atomic mass is 10.0. The van der Waals surface area contributed by atoms with E-state index in [1.54, 1.807) is 60.5 Å². The van der Waals surface area contributed by atoms with Crippen LogP contribution in [0.5, 0.6) is 11.5 Å². The van der Waals surface area contributed by atoms with Crippen LogP contribution in [0.2, 0.25) is 0 Å². The Balaban J connectivity index is 1.24. The van der Waals surface area contributed by atoms with Gasteiger partial charge in [-0.3, -0.25) is 19.3 Å². The number of nitrogens with zero attached hydrogens (tertiary/aromatic N) is 4. The molecule has 0 unspecified atom stereocenters. The fourth-order valence-corrected chi connectivity index (χ4v) is 3.79. The van der Waals surface area contributed by atoms with Gasteiger partial charge in [-0.2, -0.15) is 10.4 Å². The smallest absolute Gasteiger partial charge is 0.240 e. The SMILES string of the molecule is Cn1cc(-c2cc(Oc3ccc(NC(=O)C4(C(=O)Nc5ccc(C#N)cc5)CC4)c(F)c3)ccn2)cn1. The fraction of sp³-hybridized carbons (Fsp3) is 0.148. The van der Waals surface area contributed by atoms with Gasteiger partial charge in [-0.15, -0.1) is 0 Å². The molecule has 2 aromatic heterocycles. The predicted molar refractivity (Wildman–Crippen MR) is 133 cm³/mol. The molecule has 2 N–H and O–H groups in total. The van der Waals surface area contributed by atoms with Crippen molar-refractivity contribution in [1.29, 1.82) is 5.26 Å². The van der Waals surface area contributed by atoms with Gasteiger partial charge < -0.3 is 15.4 Å². The molecule has 4 aromatic rings. The van der Waals surface area contributed by atoms with E-state index in [4.69, 9.17) is 10.00 Å². The Hall–Kier alpha value is -5.04. The van der Waals surface area contributed by atoms with Gasteiger partial charge in [0, 0.05) is 42.8 Å². The summed E-state index contributed by atoms with van der Waals surface area (Å²) in [5.74, 6) is -1.06. The van der Waals surface area contributed by atoms with Crippen LogP contribution in [0, 0.1) is 22.6 Å². The number of pyridine rings is 1. The van der Waals surface area contributed by atoms with Crippen LogP contribution in [0.25, 0.3) is 11.3 Å². The number of rotatable bonds is 7. The van der Waals surface area contributed by atoms with Crippen LogP contribution in [0.1, 0.15) is 18.4 Å². The molecule has 0 aliphatic heterocycles. The maximum Gasteiger partial charge on any atom is 0.240 e. The number of nitrogens with one attached hydrogen (secondary N) is 2. The third kappa shape index (κ3) is 5.01. The molecule has 0 radical (unpaired) electrons. The lowest BCUT2D eigenvalue weighted by molar-refractivity contribution is -0.131. The van der Waals surface area contributed by atoms with Crippen molar-refractivity contribution in [3.8, 4) is 28.8 Å². The Morgan fingerprint density at radius 1 is 1.05 bits per heavy atom. The number of aromatic nitrogens is 3. The summed E-state index contributed by atoms with van der Waals surface area (Å²) in [5.41, 5.74) is 1.07. The van der Waals surface area contributed by atoms with Gasteiger partial charge in [0.15, 0.2) is 0 Å². The number of carbonyl (C=O) groups is 2. The minimum absolute atomic E-state index is 0.0550. The number of amides is 2. The van der Waals surface area contributed by atoms with E-state index < -0.39 is 23.0 Å². The van der Waals surface area contributed by atoms with Gasteiger partial charge in [0.2, 0.25) is 11.8 Å². The molecule has 2 aromatic carbocycles. The zero-order chi connectivity index (χ0) is 26.0. The normalized spacial score (nSPS) is 13.3. The van der Waals surface area contributed by atoms with E-state index in [1.807, 2.05) is 12.3 Å². The molecular formula is C27H21FN6O3. The molecule has 0 spiro atoms. The van der Waals surface area contributed by atoms with Crippen LogP contribution >= 0.6 is 0 Å². The quantitative estimate of drug-likeness (QED) is 0.360. The summed E-state index contributed by atoms with van der Waals surface area (Å²) in [7, 11) is 1.81. The number of hydrogen-bond donors (Lipinski definition) is 2. The van der Waals surface area contributed by atoms with Crippen LogP contribution < -0.4 is 15.4 Å². The highest BCUT2D eigenvalue weighted by atomic mass is 19.1. The fourth-order valence-electron chi connectivity index (χ4n) is 3.79. The molecule has 37 heavy (non-hydrogen) atoms. The van der Waals surface area contributed by atoms with Crippen molar-refractivity contribution >= 4 is 23.2 Å². The van der Waals surface area contributed by atoms with E-state index in [1.165, 1.54) is 12.1 Å². The summed E-state index contributed by atoms with van der Waals surface area (Å²) in [6, 6.07) is 15.8. The average molecular weight is 497 g/mol. The van der Waals surface area contributed by atoms with Crippen LogP contribution in [-0.4, -0.2) is 26.6 Å². The van der Waals surface area contributed by atoms with E-state index in [0.717, 1.165) is 11.6 Å². The zero-order valence-electron chi connectivity index (χ0n) is 19.7. The van der Waals surface area contributed by atoms with Gasteiger partial charge in [0.25, 0.3) is 0 Å². The summed E-state index contributed by atoms with van der Waals surface area (Å²) in [6.45, 7) is 0. The number of hydrogen-bond acceptors (Lipinski definition) is 6. The summed E-state index contributed by atoms with van der Waals surface area (Å²) in [5, 5.41) is 18.3. The number of aryl methyl sites for hydroxylation is 1. The molecule has 1 aliphatic carbocycles. The maximum absolute atomic E-state index is 14.8. The lowest BCUT2D eigenvalue weighted by Crippen LogP contribution is -2.35. The number of benzene rings is 2. The van der Waals surface area contributed by atoms with E-state index in [-0.39, 0.29) is 11.4 Å². The number of ether oxygens (including phenoxy) is 1. The summed E-state index contributed by atoms with van der Waals surface area (Å²) in [4.78, 5) is 30.0. The van der Waals surface area contributed by atoms with Crippen molar-refractivity contribution in [3.63, 3.8) is 0 Å². The third-order valence-corrected chi connectivity index (χ3v) is 6.05. The van der Waals surface area contributed by atoms with Crippen molar-refractivity contribution in [2.45, 2.75) is 12.8 Å². The van der Waals surface area contributed by atoms with Gasteiger partial charge in [0.05, 0.1) is 29.2 Å². The van der Waals surface area contributed by atoms with E-state index in [2.05, 4.69) is 20.7 Å². The molecule has 2 heterocycles. The van der Waals surface area contributed by atoms with Crippen LogP contribution in [0.15, 0.2) is 73.2 Å². The van der Waals surface area contributed by atoms with E-state index in [0.29, 0.717) is 35.5 Å². The molecule has 0 atom stereocenters. The molecule has 0 saturated heterocycles. The standard InChI is InChI=1S/C27H21FN6O3/c1-34-16-18(15-31-34)24-13-21(8-11-30-24)37-20-6-7-23(22(28)12-20)33-26(36)27(9-10-27)25(35)32-19-4-2-17(14-29)3-5-19/h2-8,11-13,15-16H,9-10H2,1H3,(H,32,35)(H,33,36). The Bertz CT molecular complexity index is 1540. The molecular weight excluding hydrogens is 475 g/mol. The lowest BCUT2D eigenvalue weighted by Gasteiger charge is -2.16. The molecule has 9 nitrogen and oxygen atoms in total. The first-order valence-corrected chi connectivity index (χ1v) is 11.4. The Morgan fingerprint density at radius 3 is 2.43 bits per heavy atom. The number of anilines is 2. The van der Waals surface area contributed by atoms with Gasteiger partial charge in [-0.05, 0) is 55.3 Å². The second-order valence-corrected chi connectivity index (χ2v) is 8.70. The van der Waals surface area contributed by atoms with Crippen LogP contribution in [0.3, 0.4) is 0 Å². The Kier molecular flexibility index (Phi) is 6.11. The summed E-state index contributed by atoms with van der Waals surface area (Å²) >= 11 is 0. The monoisotopic (exact) mass is 496 g/mol. The van der Waals surface area contributed by atoms with Gasteiger partial charge in [-0.1, -0.05) is 0 Å². The average Bonchev–Trinajstić information content (AvgIpc) is 3.61. The van der Waals surface area contributed by atoms with Gasteiger partial charge in [0.1, 0.15) is 22.7 Å². The van der Waals surface area contributed by atoms with E-state index >= 15 is 0 Å². The Labute approximate surface area is 211 Å². The highest BCUT2D eigenvalue weighted by molar-refractivity contribution is 6.16. The molecule has 1 aliphatic rings. The predicted octanol–water partition coefficient (Wildman–Crippen LogP) is 4.64. The molecule has 1 saturated carbocycles. The highest BCUT2D eigenvalue weighted by Crippen LogP contribution is 2.47. The van der Waals surface area contributed by atoms with Crippen molar-refractivity contribution in [3.05, 3.63) is 84.6 Å². The van der Waals surface area contributed by atoms with Crippen LogP contribution in [-0.2, 0) is 16.6 Å². The van der Waals surface area contributed by atoms with Crippen molar-refractivity contribution in [2.75, 3.05) is 10.6 Å². The summed E-state index contributed by atoms with van der Waals surface area (Å²) < 4.78 is 22.3. The van der Waals surface area contributed by atoms with Gasteiger partial charge in [-0.25, -0.2) is 4.39 Å². The molecule has 5 rings (SSSR count). The number of carbonyl (C=O) groups excluding carboxylic acids is 2. The van der Waals surface area contributed by atoms with Crippen molar-refractivity contribution in [1.82, 2.24) is 14.8 Å². The number of halogens is 1. The molecule has 10 heteroatoms. The first-order valence-electron chi connectivity index (χ1n) is 11.4. The molecule has 1 fully saturated rings. The minimum atomic E-state index is -1.27. The van der Waals surface area contributed by atoms with E-state index in [9.17, 15) is 14.0 Å². The van der Waals surface area contributed by atoms with Crippen molar-refractivity contribution in [2.24, 2.45) is 12.5 Å². The maximum atomic E-state index is 14.8. The summed E-state index contributed by atoms with van der Waals surface area (Å²) in [6.07, 6.45) is 5.79. The van der Waals surface area contributed by atoms with Crippen molar-refractivity contribution < 1.29 is 18.7 Å². The van der Waals surface area contributed by atoms with Crippen LogP contribution in [0.4, 0.5) is 15.8 Å². The molecule has 0 bridgehead atoms. The highest BCUT2D eigenvalue weighted by Gasteiger charge is 2.56. The molecule has 2 amide bonds. The largest absolute Gasteiger partial charge is 0.457 e. The first-order chi connectivity index (χ1) is 17.9. The molecule has 184 valence electrons. The first kappa shape index (κ1) is 23.7. The second-order valence-electron chi connectivity index (χ2n) is 8.70.